The van der Waals surface area contributed by atoms with Crippen LogP contribution in [0.25, 0.3) is 33.1 Å². The minimum Gasteiger partial charge on any atom is -0.339 e. The number of H-pyrrole nitrogens is 1. The monoisotopic (exact) mass is 352 g/mol. The maximum Gasteiger partial charge on any atom is 0.138 e. The Balaban J connectivity index is 2.11. The third kappa shape index (κ3) is 2.47. The first kappa shape index (κ1) is 15.5. The van der Waals surface area contributed by atoms with E-state index in [4.69, 9.17) is 0 Å². The van der Waals surface area contributed by atoms with E-state index < -0.39 is 10.4 Å². The highest BCUT2D eigenvalue weighted by Gasteiger charge is 2.14. The Morgan fingerprint density at radius 3 is 2.75 bits per heavy atom. The molecule has 0 aliphatic heterocycles. The molecule has 0 amide bonds. The molecule has 1 N–H and O–H groups in total. The molecule has 5 heteroatoms. The summed E-state index contributed by atoms with van der Waals surface area (Å²) >= 11 is 0. The predicted octanol–water partition coefficient (Wildman–Crippen LogP) is 4.90. The van der Waals surface area contributed by atoms with E-state index in [0.29, 0.717) is 0 Å². The lowest BCUT2D eigenvalue weighted by molar-refractivity contribution is 0.691. The average molecular weight is 352 g/mol. The van der Waals surface area contributed by atoms with Crippen molar-refractivity contribution in [2.45, 2.75) is 18.7 Å². The van der Waals surface area contributed by atoms with E-state index in [1.54, 1.807) is 0 Å². The number of aromatic amines is 1. The molecular weight excluding hydrogens is 335 g/mol. The summed E-state index contributed by atoms with van der Waals surface area (Å²) in [5.74, 6) is 0. The molecule has 2 aromatic heterocycles. The van der Waals surface area contributed by atoms with Crippen LogP contribution >= 0.6 is 8.44 Å². The van der Waals surface area contributed by atoms with Gasteiger partial charge in [-0.15, -0.1) is 0 Å². The van der Waals surface area contributed by atoms with Gasteiger partial charge in [0.2, 0.25) is 0 Å². The zero-order valence-corrected chi connectivity index (χ0v) is 15.4. The fourth-order valence-electron chi connectivity index (χ4n) is 3.15. The van der Waals surface area contributed by atoms with Crippen LogP contribution in [-0.4, -0.2) is 14.2 Å². The summed E-state index contributed by atoms with van der Waals surface area (Å²) in [5, 5.41) is 2.30. The van der Waals surface area contributed by atoms with Crippen LogP contribution in [0.4, 0.5) is 0 Å². The highest BCUT2D eigenvalue weighted by molar-refractivity contribution is 8.33. The van der Waals surface area contributed by atoms with Gasteiger partial charge in [-0.25, -0.2) is 4.98 Å². The van der Waals surface area contributed by atoms with E-state index >= 15 is 0 Å². The summed E-state index contributed by atoms with van der Waals surface area (Å²) in [6.07, 6.45) is 1.88. The Bertz CT molecular complexity index is 1120. The molecule has 0 spiro atoms. The first-order chi connectivity index (χ1) is 11.5. The SMILES string of the molecule is Cc1cnc2[nH]c3c(C)ccc(-c4cccc(S(=O)P)c4)c3c2c1. The second-order valence-corrected chi connectivity index (χ2v) is 8.39. The summed E-state index contributed by atoms with van der Waals surface area (Å²) in [5.41, 5.74) is 6.53. The van der Waals surface area contributed by atoms with Gasteiger partial charge in [-0.05, 0) is 62.7 Å². The van der Waals surface area contributed by atoms with E-state index in [0.717, 1.165) is 38.1 Å². The van der Waals surface area contributed by atoms with Gasteiger partial charge in [0.15, 0.2) is 0 Å². The number of fused-ring (bicyclic) bond motifs is 3. The number of pyridine rings is 1. The molecule has 4 rings (SSSR count). The Hall–Kier alpha value is -2.03. The van der Waals surface area contributed by atoms with Crippen LogP contribution in [0.2, 0.25) is 0 Å². The first-order valence-electron chi connectivity index (χ1n) is 7.69. The molecule has 0 radical (unpaired) electrons. The Kier molecular flexibility index (Phi) is 3.75. The Labute approximate surface area is 144 Å². The number of aromatic nitrogens is 2. The smallest absolute Gasteiger partial charge is 0.138 e. The normalized spacial score (nSPS) is 12.8. The van der Waals surface area contributed by atoms with E-state index in [-0.39, 0.29) is 0 Å². The van der Waals surface area contributed by atoms with Gasteiger partial charge in [0.25, 0.3) is 0 Å². The summed E-state index contributed by atoms with van der Waals surface area (Å²) in [7, 11) is 1.27. The molecule has 0 aliphatic carbocycles. The first-order valence-corrected chi connectivity index (χ1v) is 10.3. The van der Waals surface area contributed by atoms with Crippen LogP contribution in [0.1, 0.15) is 11.1 Å². The number of hydrogen-bond acceptors (Lipinski definition) is 2. The average Bonchev–Trinajstić information content (AvgIpc) is 2.95. The predicted molar refractivity (Wildman–Crippen MR) is 105 cm³/mol. The highest BCUT2D eigenvalue weighted by Crippen LogP contribution is 2.36. The van der Waals surface area contributed by atoms with Gasteiger partial charge in [-0.1, -0.05) is 24.3 Å². The second kappa shape index (κ2) is 5.80. The number of aryl methyl sites for hydroxylation is 2. The van der Waals surface area contributed by atoms with Crippen molar-refractivity contribution in [3.8, 4) is 11.1 Å². The van der Waals surface area contributed by atoms with Crippen LogP contribution in [0.15, 0.2) is 53.6 Å². The summed E-state index contributed by atoms with van der Waals surface area (Å²) < 4.78 is 11.8. The van der Waals surface area contributed by atoms with E-state index in [1.807, 2.05) is 24.4 Å². The van der Waals surface area contributed by atoms with Crippen molar-refractivity contribution in [3.63, 3.8) is 0 Å². The molecule has 2 atom stereocenters. The molecule has 0 aliphatic rings. The van der Waals surface area contributed by atoms with Gasteiger partial charge in [0, 0.05) is 21.9 Å². The molecule has 2 aromatic carbocycles. The van der Waals surface area contributed by atoms with Crippen LogP contribution < -0.4 is 0 Å². The van der Waals surface area contributed by atoms with E-state index in [2.05, 4.69) is 56.5 Å². The summed E-state index contributed by atoms with van der Waals surface area (Å²) in [6.45, 7) is 4.15. The summed E-state index contributed by atoms with van der Waals surface area (Å²) in [6, 6.07) is 14.3. The summed E-state index contributed by atoms with van der Waals surface area (Å²) in [4.78, 5) is 8.78. The number of benzene rings is 2. The molecule has 0 bridgehead atoms. The molecule has 4 aromatic rings. The second-order valence-electron chi connectivity index (χ2n) is 6.04. The molecule has 2 unspecified atom stereocenters. The van der Waals surface area contributed by atoms with E-state index in [9.17, 15) is 4.21 Å². The lowest BCUT2D eigenvalue weighted by Crippen LogP contribution is -1.86. The minimum absolute atomic E-state index is 0.806. The largest absolute Gasteiger partial charge is 0.339 e. The topological polar surface area (TPSA) is 45.8 Å². The lowest BCUT2D eigenvalue weighted by Gasteiger charge is -2.08. The van der Waals surface area contributed by atoms with Crippen molar-refractivity contribution in [1.82, 2.24) is 9.97 Å². The van der Waals surface area contributed by atoms with Gasteiger partial charge in [-0.3, -0.25) is 4.21 Å². The van der Waals surface area contributed by atoms with Gasteiger partial charge < -0.3 is 4.98 Å². The van der Waals surface area contributed by atoms with Crippen molar-refractivity contribution >= 4 is 40.8 Å². The number of hydrogen-bond donors (Lipinski definition) is 1. The minimum atomic E-state index is -1.08. The third-order valence-electron chi connectivity index (χ3n) is 4.33. The quantitative estimate of drug-likeness (QED) is 0.522. The maximum absolute atomic E-state index is 11.8. The van der Waals surface area contributed by atoms with Crippen molar-refractivity contribution in [1.29, 1.82) is 0 Å². The lowest BCUT2D eigenvalue weighted by atomic mass is 9.97. The molecule has 2 heterocycles. The van der Waals surface area contributed by atoms with Gasteiger partial charge in [0.05, 0.1) is 15.9 Å². The van der Waals surface area contributed by atoms with Crippen LogP contribution in [0, 0.1) is 13.8 Å². The standard InChI is InChI=1S/C19H17N2OPS/c1-11-8-16-17-15(13-4-3-5-14(9-13)24(22)23)7-6-12(2)18(17)21-19(16)20-10-11/h3-10H,23H2,1-2H3,(H,20,21). The van der Waals surface area contributed by atoms with Crippen molar-refractivity contribution in [2.24, 2.45) is 0 Å². The van der Waals surface area contributed by atoms with Crippen molar-refractivity contribution in [3.05, 3.63) is 59.8 Å². The molecule has 0 saturated heterocycles. The van der Waals surface area contributed by atoms with Crippen LogP contribution in [0.5, 0.6) is 0 Å². The zero-order chi connectivity index (χ0) is 16.8. The van der Waals surface area contributed by atoms with Crippen molar-refractivity contribution < 1.29 is 4.21 Å². The number of nitrogens with zero attached hydrogens (tertiary/aromatic N) is 1. The maximum atomic E-state index is 11.8. The van der Waals surface area contributed by atoms with Gasteiger partial charge in [-0.2, -0.15) is 0 Å². The molecule has 0 saturated carbocycles. The molecule has 24 heavy (non-hydrogen) atoms. The molecule has 0 fully saturated rings. The Morgan fingerprint density at radius 2 is 1.96 bits per heavy atom. The highest BCUT2D eigenvalue weighted by atomic mass is 32.7. The van der Waals surface area contributed by atoms with Crippen LogP contribution in [-0.2, 0) is 10.4 Å². The van der Waals surface area contributed by atoms with Gasteiger partial charge >= 0.3 is 0 Å². The number of nitrogens with one attached hydrogen (secondary N) is 1. The molecule has 120 valence electrons. The fraction of sp³-hybridized carbons (Fsp3) is 0.105. The third-order valence-corrected chi connectivity index (χ3v) is 5.86. The zero-order valence-electron chi connectivity index (χ0n) is 13.5. The van der Waals surface area contributed by atoms with Crippen molar-refractivity contribution in [2.75, 3.05) is 0 Å². The van der Waals surface area contributed by atoms with E-state index in [1.165, 1.54) is 10.9 Å². The molecular formula is C19H17N2OPS. The fourth-order valence-corrected chi connectivity index (χ4v) is 4.05. The van der Waals surface area contributed by atoms with Gasteiger partial charge in [0.1, 0.15) is 5.65 Å². The van der Waals surface area contributed by atoms with Crippen LogP contribution in [0.3, 0.4) is 0 Å². The molecule has 3 nitrogen and oxygen atoms in total. The number of rotatable bonds is 2. The Morgan fingerprint density at radius 1 is 1.12 bits per heavy atom.